The van der Waals surface area contributed by atoms with Crippen molar-refractivity contribution in [1.82, 2.24) is 20.0 Å². The van der Waals surface area contributed by atoms with Crippen LogP contribution in [0.4, 0.5) is 4.39 Å². The number of aromatic nitrogens is 3. The molecule has 0 aliphatic carbocycles. The summed E-state index contributed by atoms with van der Waals surface area (Å²) in [6.45, 7) is 0.0980. The van der Waals surface area contributed by atoms with Crippen LogP contribution in [0.2, 0.25) is 0 Å². The first-order valence-corrected chi connectivity index (χ1v) is 8.29. The molecule has 0 aliphatic rings. The third-order valence-corrected chi connectivity index (χ3v) is 3.98. The third kappa shape index (κ3) is 3.77. The molecule has 0 radical (unpaired) electrons. The Kier molecular flexibility index (Phi) is 4.49. The van der Waals surface area contributed by atoms with Crippen LogP contribution < -0.4 is 5.32 Å². The fourth-order valence-corrected chi connectivity index (χ4v) is 2.62. The normalized spacial score (nSPS) is 10.7. The minimum absolute atomic E-state index is 0.0980. The number of hydrogen-bond donors (Lipinski definition) is 1. The van der Waals surface area contributed by atoms with Gasteiger partial charge in [0, 0.05) is 29.2 Å². The van der Waals surface area contributed by atoms with Crippen molar-refractivity contribution in [3.8, 4) is 17.1 Å². The van der Waals surface area contributed by atoms with Crippen LogP contribution in [-0.2, 0) is 6.54 Å². The summed E-state index contributed by atoms with van der Waals surface area (Å²) >= 11 is 0. The monoisotopic (exact) mass is 362 g/mol. The van der Waals surface area contributed by atoms with Crippen molar-refractivity contribution < 1.29 is 13.7 Å². The van der Waals surface area contributed by atoms with Crippen molar-refractivity contribution in [1.29, 1.82) is 0 Å². The van der Waals surface area contributed by atoms with E-state index in [0.29, 0.717) is 17.0 Å². The quantitative estimate of drug-likeness (QED) is 0.589. The molecule has 7 heteroatoms. The van der Waals surface area contributed by atoms with Crippen LogP contribution in [0.1, 0.15) is 16.2 Å². The van der Waals surface area contributed by atoms with Gasteiger partial charge in [-0.05, 0) is 54.6 Å². The molecule has 4 rings (SSSR count). The molecule has 0 unspecified atom stereocenters. The summed E-state index contributed by atoms with van der Waals surface area (Å²) in [5, 5.41) is 6.61. The van der Waals surface area contributed by atoms with Crippen molar-refractivity contribution >= 4 is 5.91 Å². The van der Waals surface area contributed by atoms with E-state index in [4.69, 9.17) is 4.52 Å². The van der Waals surface area contributed by atoms with Gasteiger partial charge in [0.2, 0.25) is 11.7 Å². The number of hydrogen-bond acceptors (Lipinski definition) is 4. The molecule has 0 atom stereocenters. The number of amides is 1. The zero-order valence-corrected chi connectivity index (χ0v) is 14.2. The summed E-state index contributed by atoms with van der Waals surface area (Å²) in [6.07, 6.45) is 3.82. The maximum Gasteiger partial charge on any atom is 0.251 e. The van der Waals surface area contributed by atoms with E-state index in [1.54, 1.807) is 24.3 Å². The minimum Gasteiger partial charge on any atom is -0.343 e. The maximum atomic E-state index is 13.0. The van der Waals surface area contributed by atoms with E-state index in [2.05, 4.69) is 15.5 Å². The number of rotatable bonds is 5. The zero-order valence-electron chi connectivity index (χ0n) is 14.2. The Hall–Kier alpha value is -3.74. The fourth-order valence-electron chi connectivity index (χ4n) is 2.62. The molecule has 0 saturated carbocycles. The van der Waals surface area contributed by atoms with Gasteiger partial charge in [-0.25, -0.2) is 4.39 Å². The first-order chi connectivity index (χ1) is 13.2. The summed E-state index contributed by atoms with van der Waals surface area (Å²) in [5.41, 5.74) is 2.06. The van der Waals surface area contributed by atoms with Crippen LogP contribution in [0.15, 0.2) is 77.6 Å². The molecule has 0 fully saturated rings. The molecule has 6 nitrogen and oxygen atoms in total. The Morgan fingerprint density at radius 1 is 1.07 bits per heavy atom. The number of nitrogens with one attached hydrogen (secondary N) is 1. The maximum absolute atomic E-state index is 13.0. The third-order valence-electron chi connectivity index (χ3n) is 3.98. The van der Waals surface area contributed by atoms with E-state index in [-0.39, 0.29) is 24.2 Å². The average molecular weight is 362 g/mol. The second-order valence-corrected chi connectivity index (χ2v) is 5.84. The predicted molar refractivity (Wildman–Crippen MR) is 96.6 cm³/mol. The molecule has 134 valence electrons. The second kappa shape index (κ2) is 7.25. The molecule has 27 heavy (non-hydrogen) atoms. The SMILES string of the molecule is O=C(NCc1nc(-c2ccc(F)cc2)no1)c1cccc(-n2cccc2)c1. The van der Waals surface area contributed by atoms with Crippen molar-refractivity contribution in [3.05, 3.63) is 90.3 Å². The molecule has 2 aromatic heterocycles. The lowest BCUT2D eigenvalue weighted by molar-refractivity contribution is 0.0946. The summed E-state index contributed by atoms with van der Waals surface area (Å²) in [7, 11) is 0. The highest BCUT2D eigenvalue weighted by Crippen LogP contribution is 2.16. The smallest absolute Gasteiger partial charge is 0.251 e. The Morgan fingerprint density at radius 2 is 1.85 bits per heavy atom. The van der Waals surface area contributed by atoms with E-state index in [1.807, 2.05) is 41.2 Å². The zero-order chi connectivity index (χ0) is 18.6. The Bertz CT molecular complexity index is 1060. The number of halogens is 1. The first kappa shape index (κ1) is 16.7. The van der Waals surface area contributed by atoms with Crippen molar-refractivity contribution in [2.45, 2.75) is 6.54 Å². The fraction of sp³-hybridized carbons (Fsp3) is 0.0500. The first-order valence-electron chi connectivity index (χ1n) is 8.29. The lowest BCUT2D eigenvalue weighted by Gasteiger charge is -2.06. The van der Waals surface area contributed by atoms with Crippen LogP contribution >= 0.6 is 0 Å². The summed E-state index contributed by atoms with van der Waals surface area (Å²) in [4.78, 5) is 16.6. The number of carbonyl (C=O) groups is 1. The Labute approximate surface area is 154 Å². The number of carbonyl (C=O) groups excluding carboxylic acids is 1. The Morgan fingerprint density at radius 3 is 2.63 bits per heavy atom. The van der Waals surface area contributed by atoms with E-state index in [1.165, 1.54) is 12.1 Å². The number of benzene rings is 2. The molecule has 0 saturated heterocycles. The van der Waals surface area contributed by atoms with E-state index < -0.39 is 0 Å². The van der Waals surface area contributed by atoms with Gasteiger partial charge < -0.3 is 14.4 Å². The van der Waals surface area contributed by atoms with E-state index in [9.17, 15) is 9.18 Å². The molecule has 0 aliphatic heterocycles. The van der Waals surface area contributed by atoms with Crippen molar-refractivity contribution in [2.24, 2.45) is 0 Å². The van der Waals surface area contributed by atoms with Crippen LogP contribution in [-0.4, -0.2) is 20.6 Å². The molecule has 0 bridgehead atoms. The summed E-state index contributed by atoms with van der Waals surface area (Å²) in [6, 6.07) is 16.9. The molecule has 0 spiro atoms. The lowest BCUT2D eigenvalue weighted by atomic mass is 10.2. The molecular formula is C20H15FN4O2. The standard InChI is InChI=1S/C20H15FN4O2/c21-16-8-6-14(7-9-16)19-23-18(27-24-19)13-22-20(26)15-4-3-5-17(12-15)25-10-1-2-11-25/h1-12H,13H2,(H,22,26). The molecule has 2 heterocycles. The van der Waals surface area contributed by atoms with Gasteiger partial charge in [-0.3, -0.25) is 4.79 Å². The average Bonchev–Trinajstić information content (AvgIpc) is 3.39. The van der Waals surface area contributed by atoms with Gasteiger partial charge in [0.15, 0.2) is 0 Å². The minimum atomic E-state index is -0.336. The van der Waals surface area contributed by atoms with Gasteiger partial charge in [0.1, 0.15) is 5.82 Å². The van der Waals surface area contributed by atoms with Crippen molar-refractivity contribution in [2.75, 3.05) is 0 Å². The molecule has 1 N–H and O–H groups in total. The van der Waals surface area contributed by atoms with Crippen molar-refractivity contribution in [3.63, 3.8) is 0 Å². The highest BCUT2D eigenvalue weighted by Gasteiger charge is 2.11. The van der Waals surface area contributed by atoms with Gasteiger partial charge in [-0.15, -0.1) is 0 Å². The molecule has 2 aromatic carbocycles. The van der Waals surface area contributed by atoms with Crippen LogP contribution in [0.25, 0.3) is 17.1 Å². The summed E-state index contributed by atoms with van der Waals surface area (Å²) in [5.74, 6) is 0.0282. The largest absolute Gasteiger partial charge is 0.343 e. The van der Waals surface area contributed by atoms with Gasteiger partial charge in [0.05, 0.1) is 6.54 Å². The van der Waals surface area contributed by atoms with E-state index in [0.717, 1.165) is 5.69 Å². The van der Waals surface area contributed by atoms with Gasteiger partial charge >= 0.3 is 0 Å². The highest BCUT2D eigenvalue weighted by molar-refractivity contribution is 5.94. The van der Waals surface area contributed by atoms with Gasteiger partial charge in [0.25, 0.3) is 5.91 Å². The molecule has 4 aromatic rings. The van der Waals surface area contributed by atoms with Crippen LogP contribution in [0.5, 0.6) is 0 Å². The highest BCUT2D eigenvalue weighted by atomic mass is 19.1. The molecule has 1 amide bonds. The number of nitrogens with zero attached hydrogens (tertiary/aromatic N) is 3. The van der Waals surface area contributed by atoms with E-state index >= 15 is 0 Å². The lowest BCUT2D eigenvalue weighted by Crippen LogP contribution is -2.23. The van der Waals surface area contributed by atoms with Crippen LogP contribution in [0, 0.1) is 5.82 Å². The van der Waals surface area contributed by atoms with Crippen LogP contribution in [0.3, 0.4) is 0 Å². The second-order valence-electron chi connectivity index (χ2n) is 5.84. The van der Waals surface area contributed by atoms with Gasteiger partial charge in [-0.1, -0.05) is 11.2 Å². The van der Waals surface area contributed by atoms with Gasteiger partial charge in [-0.2, -0.15) is 4.98 Å². The Balaban J connectivity index is 1.43. The topological polar surface area (TPSA) is 73.0 Å². The predicted octanol–water partition coefficient (Wildman–Crippen LogP) is 3.60. The summed E-state index contributed by atoms with van der Waals surface area (Å²) < 4.78 is 20.0. The molecular weight excluding hydrogens is 347 g/mol.